The molecule has 1 spiro atoms. The minimum Gasteiger partial charge on any atom is -0.388 e. The molecule has 0 bridgehead atoms. The van der Waals surface area contributed by atoms with Crippen molar-refractivity contribution in [3.8, 4) is 0 Å². The number of nitrogens with zero attached hydrogens (tertiary/aromatic N) is 2. The second-order valence-corrected chi connectivity index (χ2v) is 7.71. The zero-order valence-electron chi connectivity index (χ0n) is 15.0. The fourth-order valence-corrected chi connectivity index (χ4v) is 4.47. The van der Waals surface area contributed by atoms with Crippen molar-refractivity contribution in [2.45, 2.75) is 43.3 Å². The summed E-state index contributed by atoms with van der Waals surface area (Å²) in [5.41, 5.74) is 0.563. The fourth-order valence-electron chi connectivity index (χ4n) is 4.47. The lowest BCUT2D eigenvalue weighted by Crippen LogP contribution is -2.41. The first-order valence-corrected chi connectivity index (χ1v) is 9.50. The van der Waals surface area contributed by atoms with Gasteiger partial charge < -0.3 is 19.6 Å². The van der Waals surface area contributed by atoms with E-state index in [2.05, 4.69) is 12.1 Å². The molecule has 3 fully saturated rings. The van der Waals surface area contributed by atoms with Crippen LogP contribution < -0.4 is 0 Å². The molecule has 1 N–H and O–H groups in total. The summed E-state index contributed by atoms with van der Waals surface area (Å²) in [4.78, 5) is 27.7. The smallest absolute Gasteiger partial charge is 0.224 e. The molecule has 1 aromatic carbocycles. The van der Waals surface area contributed by atoms with Gasteiger partial charge in [0.05, 0.1) is 13.2 Å². The van der Waals surface area contributed by atoms with Crippen molar-refractivity contribution in [1.82, 2.24) is 9.80 Å². The van der Waals surface area contributed by atoms with E-state index in [4.69, 9.17) is 4.74 Å². The molecular weight excluding hydrogens is 332 g/mol. The molecule has 4 rings (SSSR count). The zero-order valence-corrected chi connectivity index (χ0v) is 15.0. The van der Waals surface area contributed by atoms with Gasteiger partial charge in [0.15, 0.2) is 0 Å². The van der Waals surface area contributed by atoms with Crippen LogP contribution in [0.2, 0.25) is 0 Å². The minimum atomic E-state index is -0.659. The predicted octanol–water partition coefficient (Wildman–Crippen LogP) is 1.14. The fraction of sp³-hybridized carbons (Fsp3) is 0.600. The number of amides is 2. The van der Waals surface area contributed by atoms with Crippen molar-refractivity contribution >= 4 is 11.8 Å². The van der Waals surface area contributed by atoms with Gasteiger partial charge in [0.2, 0.25) is 11.8 Å². The highest BCUT2D eigenvalue weighted by Gasteiger charge is 2.53. The second kappa shape index (κ2) is 7.00. The van der Waals surface area contributed by atoms with E-state index in [1.807, 2.05) is 18.2 Å². The Balaban J connectivity index is 1.35. The molecule has 3 aliphatic rings. The lowest BCUT2D eigenvalue weighted by molar-refractivity contribution is -0.133. The van der Waals surface area contributed by atoms with E-state index < -0.39 is 11.7 Å². The molecule has 26 heavy (non-hydrogen) atoms. The maximum absolute atomic E-state index is 12.6. The summed E-state index contributed by atoms with van der Waals surface area (Å²) >= 11 is 0. The molecule has 6 nitrogen and oxygen atoms in total. The monoisotopic (exact) mass is 358 g/mol. The topological polar surface area (TPSA) is 70.1 Å². The Labute approximate surface area is 153 Å². The molecule has 6 heteroatoms. The van der Waals surface area contributed by atoms with Crippen LogP contribution in [0.1, 0.15) is 37.2 Å². The van der Waals surface area contributed by atoms with Crippen LogP contribution in [0.3, 0.4) is 0 Å². The Hall–Kier alpha value is -1.92. The van der Waals surface area contributed by atoms with Crippen LogP contribution in [0.15, 0.2) is 30.3 Å². The SMILES string of the molecule is O=C1CCCN1CCC(=O)N1C[C@@H](O)[C@@]2(C[C@@H](c3ccccc3)CO2)C1. The van der Waals surface area contributed by atoms with Crippen molar-refractivity contribution < 1.29 is 19.4 Å². The van der Waals surface area contributed by atoms with Crippen molar-refractivity contribution in [1.29, 1.82) is 0 Å². The maximum atomic E-state index is 12.6. The van der Waals surface area contributed by atoms with E-state index in [0.29, 0.717) is 39.1 Å². The third-order valence-electron chi connectivity index (χ3n) is 6.01. The summed E-state index contributed by atoms with van der Waals surface area (Å²) in [5.74, 6) is 0.385. The molecule has 3 heterocycles. The van der Waals surface area contributed by atoms with Gasteiger partial charge in [-0.15, -0.1) is 0 Å². The highest BCUT2D eigenvalue weighted by atomic mass is 16.5. The van der Waals surface area contributed by atoms with Crippen molar-refractivity contribution in [3.63, 3.8) is 0 Å². The average Bonchev–Trinajstić information content (AvgIpc) is 3.35. The van der Waals surface area contributed by atoms with E-state index in [0.717, 1.165) is 19.4 Å². The van der Waals surface area contributed by atoms with Gasteiger partial charge >= 0.3 is 0 Å². The molecule has 0 saturated carbocycles. The first-order valence-electron chi connectivity index (χ1n) is 9.50. The van der Waals surface area contributed by atoms with Crippen molar-refractivity contribution in [3.05, 3.63) is 35.9 Å². The minimum absolute atomic E-state index is 0.00705. The summed E-state index contributed by atoms with van der Waals surface area (Å²) in [7, 11) is 0. The molecule has 3 saturated heterocycles. The van der Waals surface area contributed by atoms with Gasteiger partial charge in [-0.2, -0.15) is 0 Å². The number of aliphatic hydroxyl groups excluding tert-OH is 1. The van der Waals surface area contributed by atoms with E-state index in [1.54, 1.807) is 9.80 Å². The third-order valence-corrected chi connectivity index (χ3v) is 6.01. The molecular formula is C20H26N2O4. The van der Waals surface area contributed by atoms with E-state index in [9.17, 15) is 14.7 Å². The van der Waals surface area contributed by atoms with Crippen LogP contribution in [0.4, 0.5) is 0 Å². The Morgan fingerprint density at radius 3 is 2.85 bits per heavy atom. The van der Waals surface area contributed by atoms with Gasteiger partial charge in [0, 0.05) is 38.4 Å². The van der Waals surface area contributed by atoms with Crippen LogP contribution in [0.5, 0.6) is 0 Å². The molecule has 0 radical (unpaired) electrons. The summed E-state index contributed by atoms with van der Waals surface area (Å²) in [6.07, 6.45) is 1.86. The van der Waals surface area contributed by atoms with Gasteiger partial charge in [0.25, 0.3) is 0 Å². The molecule has 3 aliphatic heterocycles. The number of likely N-dealkylation sites (tertiary alicyclic amines) is 2. The lowest BCUT2D eigenvalue weighted by Gasteiger charge is -2.26. The first-order chi connectivity index (χ1) is 12.6. The molecule has 140 valence electrons. The average molecular weight is 358 g/mol. The van der Waals surface area contributed by atoms with Crippen LogP contribution >= 0.6 is 0 Å². The van der Waals surface area contributed by atoms with Gasteiger partial charge in [-0.3, -0.25) is 9.59 Å². The molecule has 0 unspecified atom stereocenters. The predicted molar refractivity (Wildman–Crippen MR) is 95.5 cm³/mol. The summed E-state index contributed by atoms with van der Waals surface area (Å²) in [6, 6.07) is 10.2. The number of carbonyl (C=O) groups is 2. The van der Waals surface area contributed by atoms with E-state index >= 15 is 0 Å². The molecule has 3 atom stereocenters. The van der Waals surface area contributed by atoms with Crippen molar-refractivity contribution in [2.75, 3.05) is 32.8 Å². The van der Waals surface area contributed by atoms with Crippen LogP contribution in [0, 0.1) is 0 Å². The number of rotatable bonds is 4. The standard InChI is InChI=1S/C20H26N2O4/c23-17-12-22(19(25)8-10-21-9-4-7-18(21)24)14-20(17)11-16(13-26-20)15-5-2-1-3-6-15/h1-3,5-6,16-17,23H,4,7-14H2/t16-,17-,20-/m1/s1. The quantitative estimate of drug-likeness (QED) is 0.876. The Morgan fingerprint density at radius 2 is 2.12 bits per heavy atom. The molecule has 1 aromatic rings. The number of hydrogen-bond acceptors (Lipinski definition) is 4. The van der Waals surface area contributed by atoms with Gasteiger partial charge in [-0.05, 0) is 18.4 Å². The maximum Gasteiger partial charge on any atom is 0.224 e. The number of hydrogen-bond donors (Lipinski definition) is 1. The number of aliphatic hydroxyl groups is 1. The Kier molecular flexibility index (Phi) is 4.71. The summed E-state index contributed by atoms with van der Waals surface area (Å²) in [5, 5.41) is 10.6. The number of β-amino-alcohol motifs (C(OH)–C–C–N with tert-alkyl or cyclic N) is 1. The number of ether oxygens (including phenoxy) is 1. The first kappa shape index (κ1) is 17.5. The number of benzene rings is 1. The molecule has 0 aromatic heterocycles. The summed E-state index contributed by atoms with van der Waals surface area (Å²) in [6.45, 7) is 2.55. The van der Waals surface area contributed by atoms with Crippen LogP contribution in [0.25, 0.3) is 0 Å². The Morgan fingerprint density at radius 1 is 1.31 bits per heavy atom. The van der Waals surface area contributed by atoms with Crippen molar-refractivity contribution in [2.24, 2.45) is 0 Å². The second-order valence-electron chi connectivity index (χ2n) is 7.71. The van der Waals surface area contributed by atoms with E-state index in [1.165, 1.54) is 5.56 Å². The normalized spacial score (nSPS) is 31.3. The molecule has 2 amide bonds. The van der Waals surface area contributed by atoms with Gasteiger partial charge in [0.1, 0.15) is 11.7 Å². The van der Waals surface area contributed by atoms with Gasteiger partial charge in [-0.1, -0.05) is 30.3 Å². The van der Waals surface area contributed by atoms with Gasteiger partial charge in [-0.25, -0.2) is 0 Å². The highest BCUT2D eigenvalue weighted by Crippen LogP contribution is 2.42. The Bertz CT molecular complexity index is 680. The zero-order chi connectivity index (χ0) is 18.1. The van der Waals surface area contributed by atoms with Crippen LogP contribution in [-0.4, -0.2) is 71.2 Å². The van der Waals surface area contributed by atoms with E-state index in [-0.39, 0.29) is 17.7 Å². The third kappa shape index (κ3) is 3.23. The van der Waals surface area contributed by atoms with Crippen LogP contribution in [-0.2, 0) is 14.3 Å². The highest BCUT2D eigenvalue weighted by molar-refractivity contribution is 5.80. The summed E-state index contributed by atoms with van der Waals surface area (Å²) < 4.78 is 6.05. The lowest BCUT2D eigenvalue weighted by atomic mass is 9.87. The number of carbonyl (C=O) groups excluding carboxylic acids is 2. The largest absolute Gasteiger partial charge is 0.388 e. The molecule has 0 aliphatic carbocycles.